The molecule has 3 aliphatic rings. The minimum atomic E-state index is -1.93. The van der Waals surface area contributed by atoms with Gasteiger partial charge < -0.3 is 40.0 Å². The van der Waals surface area contributed by atoms with Crippen molar-refractivity contribution in [1.29, 1.82) is 0 Å². The molecule has 0 saturated carbocycles. The average Bonchev–Trinajstić information content (AvgIpc) is 3.06. The number of Topliss-reactive ketones (excluding diaryl/α,β-unsaturated/α-hetero) is 1. The Labute approximate surface area is 258 Å². The van der Waals surface area contributed by atoms with Crippen molar-refractivity contribution in [3.05, 3.63) is 51.6 Å². The van der Waals surface area contributed by atoms with Gasteiger partial charge in [-0.05, 0) is 58.2 Å². The van der Waals surface area contributed by atoms with Crippen LogP contribution in [0.25, 0.3) is 0 Å². The SMILES string of the molecule is C#C.CCCNC.CO[C@H]1CCCCO1.COc1cccc2c1C(=O)c1c(O)c3c(c(O)c1C2=O)C[C@@](O)(C(=O)CO)CC3. The Balaban J connectivity index is 0.000000372. The zero-order valence-electron chi connectivity index (χ0n) is 25.8. The summed E-state index contributed by atoms with van der Waals surface area (Å²) in [5.41, 5.74) is -2.38. The Hall–Kier alpha value is -3.79. The summed E-state index contributed by atoms with van der Waals surface area (Å²) in [7, 11) is 5.01. The number of terminal acetylenes is 1. The Morgan fingerprint density at radius 3 is 2.23 bits per heavy atom. The van der Waals surface area contributed by atoms with E-state index in [9.17, 15) is 29.7 Å². The van der Waals surface area contributed by atoms with E-state index in [2.05, 4.69) is 25.1 Å². The number of hydrogen-bond donors (Lipinski definition) is 5. The predicted octanol–water partition coefficient (Wildman–Crippen LogP) is 2.69. The van der Waals surface area contributed by atoms with Gasteiger partial charge in [-0.15, -0.1) is 12.8 Å². The molecule has 0 radical (unpaired) electrons. The second-order valence-electron chi connectivity index (χ2n) is 10.4. The fourth-order valence-corrected chi connectivity index (χ4v) is 5.36. The number of hydrogen-bond acceptors (Lipinski definition) is 11. The molecule has 1 aliphatic heterocycles. The third-order valence-electron chi connectivity index (χ3n) is 7.65. The van der Waals surface area contributed by atoms with Crippen molar-refractivity contribution in [2.45, 2.75) is 63.8 Å². The van der Waals surface area contributed by atoms with Crippen LogP contribution in [0.5, 0.6) is 17.2 Å². The summed E-state index contributed by atoms with van der Waals surface area (Å²) in [4.78, 5) is 38.2. The van der Waals surface area contributed by atoms with Gasteiger partial charge >= 0.3 is 0 Å². The number of carbonyl (C=O) groups excluding carboxylic acids is 3. The van der Waals surface area contributed by atoms with E-state index in [4.69, 9.17) is 19.3 Å². The summed E-state index contributed by atoms with van der Waals surface area (Å²) in [5.74, 6) is -2.99. The minimum absolute atomic E-state index is 0.00456. The smallest absolute Gasteiger partial charge is 0.202 e. The van der Waals surface area contributed by atoms with Crippen molar-refractivity contribution in [1.82, 2.24) is 5.32 Å². The summed E-state index contributed by atoms with van der Waals surface area (Å²) in [6.07, 6.45) is 12.3. The summed E-state index contributed by atoms with van der Waals surface area (Å²) < 4.78 is 15.4. The third kappa shape index (κ3) is 7.64. The number of ether oxygens (including phenoxy) is 3. The van der Waals surface area contributed by atoms with E-state index < -0.39 is 41.1 Å². The van der Waals surface area contributed by atoms with Gasteiger partial charge in [0.05, 0.1) is 23.8 Å². The molecule has 1 heterocycles. The molecule has 2 aromatic rings. The molecule has 1 saturated heterocycles. The highest BCUT2D eigenvalue weighted by Gasteiger charge is 2.45. The molecule has 0 unspecified atom stereocenters. The van der Waals surface area contributed by atoms with Crippen molar-refractivity contribution in [2.24, 2.45) is 0 Å². The van der Waals surface area contributed by atoms with Gasteiger partial charge in [-0.1, -0.05) is 19.1 Å². The Kier molecular flexibility index (Phi) is 14.0. The molecule has 2 aromatic carbocycles. The van der Waals surface area contributed by atoms with Crippen LogP contribution < -0.4 is 10.1 Å². The Morgan fingerprint density at radius 1 is 1.07 bits per heavy atom. The van der Waals surface area contributed by atoms with Crippen molar-refractivity contribution >= 4 is 17.3 Å². The molecular weight excluding hydrogens is 570 g/mol. The number of aliphatic hydroxyl groups is 2. The molecule has 2 atom stereocenters. The van der Waals surface area contributed by atoms with Gasteiger partial charge in [-0.25, -0.2) is 0 Å². The maximum absolute atomic E-state index is 13.1. The van der Waals surface area contributed by atoms with E-state index in [1.807, 2.05) is 7.05 Å². The molecule has 2 aliphatic carbocycles. The maximum atomic E-state index is 13.1. The number of aliphatic hydroxyl groups excluding tert-OH is 1. The highest BCUT2D eigenvalue weighted by Crippen LogP contribution is 2.48. The zero-order chi connectivity index (χ0) is 33.0. The molecule has 5 rings (SSSR count). The first-order valence-electron chi connectivity index (χ1n) is 14.4. The van der Waals surface area contributed by atoms with E-state index in [-0.39, 0.29) is 64.7 Å². The lowest BCUT2D eigenvalue weighted by molar-refractivity contribution is -0.145. The number of aromatic hydroxyl groups is 2. The number of rotatable bonds is 6. The summed E-state index contributed by atoms with van der Waals surface area (Å²) in [5, 5.41) is 44.4. The molecule has 0 bridgehead atoms. The molecule has 11 nitrogen and oxygen atoms in total. The van der Waals surface area contributed by atoms with Crippen LogP contribution in [-0.4, -0.2) is 90.7 Å². The normalized spacial score (nSPS) is 19.7. The first-order chi connectivity index (χ1) is 21.1. The van der Waals surface area contributed by atoms with Gasteiger partial charge in [0.2, 0.25) is 5.78 Å². The van der Waals surface area contributed by atoms with E-state index in [1.54, 1.807) is 7.11 Å². The predicted molar refractivity (Wildman–Crippen MR) is 163 cm³/mol. The molecule has 44 heavy (non-hydrogen) atoms. The topological polar surface area (TPSA) is 172 Å². The van der Waals surface area contributed by atoms with Gasteiger partial charge in [0.15, 0.2) is 17.9 Å². The van der Waals surface area contributed by atoms with Crippen LogP contribution in [0.15, 0.2) is 18.2 Å². The summed E-state index contributed by atoms with van der Waals surface area (Å²) >= 11 is 0. The van der Waals surface area contributed by atoms with Crippen LogP contribution in [0.1, 0.15) is 82.0 Å². The van der Waals surface area contributed by atoms with Gasteiger partial charge in [0.1, 0.15) is 29.5 Å². The summed E-state index contributed by atoms with van der Waals surface area (Å²) in [6.45, 7) is 3.28. The van der Waals surface area contributed by atoms with E-state index in [1.165, 1.54) is 44.6 Å². The van der Waals surface area contributed by atoms with Gasteiger partial charge in [-0.3, -0.25) is 14.4 Å². The number of phenolic OH excluding ortho intramolecular Hbond substituents is 2. The number of phenols is 2. The quantitative estimate of drug-likeness (QED) is 0.204. The first kappa shape index (κ1) is 36.4. The van der Waals surface area contributed by atoms with Gasteiger partial charge in [0.25, 0.3) is 0 Å². The molecule has 0 aromatic heterocycles. The van der Waals surface area contributed by atoms with Crippen LogP contribution in [0.2, 0.25) is 0 Å². The number of methoxy groups -OCH3 is 2. The van der Waals surface area contributed by atoms with Crippen LogP contribution in [0.4, 0.5) is 0 Å². The van der Waals surface area contributed by atoms with Crippen molar-refractivity contribution in [2.75, 3.05) is 41.0 Å². The lowest BCUT2D eigenvalue weighted by Crippen LogP contribution is -2.45. The number of benzene rings is 2. The van der Waals surface area contributed by atoms with E-state index in [0.29, 0.717) is 0 Å². The van der Waals surface area contributed by atoms with Crippen molar-refractivity contribution in [3.8, 4) is 30.1 Å². The lowest BCUT2D eigenvalue weighted by atomic mass is 9.73. The standard InChI is InChI=1S/C21H18O8.C6H12O2.C4H11N.C2H2/c1-29-12-4-2-3-10-14(12)20(27)16-15(18(10)25)19(26)11-7-21(28,13(23)8-22)6-5-9(11)17(16)24;1-7-6-4-2-3-5-8-6;1-3-4-5-2;1-2/h2-4,22,24,26,28H,5-8H2,1H3;6H,2-5H2,1H3;5H,3-4H2,1-2H3;1-2H/t21-;6-;;/m11../s1. The zero-order valence-corrected chi connectivity index (χ0v) is 25.8. The summed E-state index contributed by atoms with van der Waals surface area (Å²) in [6, 6.07) is 4.47. The highest BCUT2D eigenvalue weighted by molar-refractivity contribution is 6.31. The maximum Gasteiger partial charge on any atom is 0.202 e. The van der Waals surface area contributed by atoms with Crippen LogP contribution in [0.3, 0.4) is 0 Å². The van der Waals surface area contributed by atoms with Crippen LogP contribution in [0, 0.1) is 12.8 Å². The number of nitrogens with one attached hydrogen (secondary N) is 1. The Bertz CT molecular complexity index is 1340. The molecule has 1 fully saturated rings. The molecular formula is C33H43NO10. The third-order valence-corrected chi connectivity index (χ3v) is 7.65. The Morgan fingerprint density at radius 2 is 1.73 bits per heavy atom. The van der Waals surface area contributed by atoms with Gasteiger partial charge in [-0.2, -0.15) is 0 Å². The van der Waals surface area contributed by atoms with Crippen molar-refractivity contribution < 1.29 is 49.0 Å². The molecule has 5 N–H and O–H groups in total. The number of fused-ring (bicyclic) bond motifs is 3. The van der Waals surface area contributed by atoms with Crippen LogP contribution >= 0.6 is 0 Å². The van der Waals surface area contributed by atoms with Crippen molar-refractivity contribution in [3.63, 3.8) is 0 Å². The second-order valence-corrected chi connectivity index (χ2v) is 10.4. The fraction of sp³-hybridized carbons (Fsp3) is 0.485. The first-order valence-corrected chi connectivity index (χ1v) is 14.4. The molecule has 0 spiro atoms. The van der Waals surface area contributed by atoms with Crippen LogP contribution in [-0.2, 0) is 27.1 Å². The minimum Gasteiger partial charge on any atom is -0.507 e. The van der Waals surface area contributed by atoms with E-state index in [0.717, 1.165) is 19.6 Å². The highest BCUT2D eigenvalue weighted by atomic mass is 16.7. The lowest BCUT2D eigenvalue weighted by Gasteiger charge is -2.34. The van der Waals surface area contributed by atoms with E-state index >= 15 is 0 Å². The molecule has 11 heteroatoms. The number of ketones is 3. The fourth-order valence-electron chi connectivity index (χ4n) is 5.36. The largest absolute Gasteiger partial charge is 0.507 e. The second kappa shape index (κ2) is 16.9. The number of carbonyl (C=O) groups is 3. The molecule has 240 valence electrons. The monoisotopic (exact) mass is 613 g/mol. The average molecular weight is 614 g/mol. The van der Waals surface area contributed by atoms with Gasteiger partial charge in [0, 0.05) is 36.8 Å². The molecule has 0 amide bonds.